The highest BCUT2D eigenvalue weighted by atomic mass is 31.1. The fourth-order valence-electron chi connectivity index (χ4n) is 5.74. The van der Waals surface area contributed by atoms with Crippen LogP contribution in [0.25, 0.3) is 49.1 Å². The molecule has 3 aromatic heterocycles. The molecule has 38 heavy (non-hydrogen) atoms. The number of rotatable bonds is 3. The van der Waals surface area contributed by atoms with Crippen LogP contribution in [0.2, 0.25) is 0 Å². The lowest BCUT2D eigenvalue weighted by Crippen LogP contribution is -2.22. The molecule has 8 aromatic rings. The van der Waals surface area contributed by atoms with E-state index in [4.69, 9.17) is 4.98 Å². The predicted octanol–water partition coefficient (Wildman–Crippen LogP) is 7.10. The zero-order valence-corrected chi connectivity index (χ0v) is 21.4. The lowest BCUT2D eigenvalue weighted by molar-refractivity contribution is 1.32. The average molecular weight is 504 g/mol. The summed E-state index contributed by atoms with van der Waals surface area (Å²) in [6, 6.07) is 43.6. The maximum absolute atomic E-state index is 5.23. The van der Waals surface area contributed by atoms with E-state index < -0.39 is 7.92 Å². The van der Waals surface area contributed by atoms with Crippen LogP contribution in [-0.4, -0.2) is 14.4 Å². The first-order chi connectivity index (χ1) is 18.9. The minimum Gasteiger partial charge on any atom is -0.291 e. The zero-order chi connectivity index (χ0) is 25.1. The second kappa shape index (κ2) is 8.48. The second-order valence-electron chi connectivity index (χ2n) is 9.56. The van der Waals surface area contributed by atoms with Crippen LogP contribution in [0.3, 0.4) is 0 Å². The molecular weight excluding hydrogens is 481 g/mol. The van der Waals surface area contributed by atoms with Gasteiger partial charge in [-0.25, -0.2) is 4.98 Å². The number of hydrogen-bond acceptors (Lipinski definition) is 2. The summed E-state index contributed by atoms with van der Waals surface area (Å²) >= 11 is 0. The fraction of sp³-hybridized carbons (Fsp3) is 0. The van der Waals surface area contributed by atoms with Gasteiger partial charge in [0, 0.05) is 33.8 Å². The lowest BCUT2D eigenvalue weighted by atomic mass is 10.1. The molecule has 0 amide bonds. The number of nitrogens with zero attached hydrogens (tertiary/aromatic N) is 3. The SMILES string of the molecule is c1cncc(P(c2ccc3ccccc3c2)c2cccc3nc4c5ccccc5c5ccccc5n4c23)c1. The molecule has 1 unspecified atom stereocenters. The molecule has 0 aliphatic rings. The Kier molecular flexibility index (Phi) is 4.80. The molecule has 1 atom stereocenters. The Morgan fingerprint density at radius 2 is 1.37 bits per heavy atom. The quantitative estimate of drug-likeness (QED) is 0.190. The highest BCUT2D eigenvalue weighted by molar-refractivity contribution is 7.80. The molecule has 4 heteroatoms. The van der Waals surface area contributed by atoms with Crippen molar-refractivity contribution in [2.45, 2.75) is 0 Å². The van der Waals surface area contributed by atoms with E-state index >= 15 is 0 Å². The molecule has 0 aliphatic carbocycles. The van der Waals surface area contributed by atoms with Crippen molar-refractivity contribution in [1.82, 2.24) is 14.4 Å². The number of imidazole rings is 1. The van der Waals surface area contributed by atoms with Crippen molar-refractivity contribution in [2.75, 3.05) is 0 Å². The van der Waals surface area contributed by atoms with Crippen molar-refractivity contribution in [3.05, 3.63) is 134 Å². The average Bonchev–Trinajstić information content (AvgIpc) is 3.39. The predicted molar refractivity (Wildman–Crippen MR) is 162 cm³/mol. The molecule has 0 radical (unpaired) electrons. The second-order valence-corrected chi connectivity index (χ2v) is 11.7. The summed E-state index contributed by atoms with van der Waals surface area (Å²) in [6.45, 7) is 0. The maximum Gasteiger partial charge on any atom is 0.146 e. The van der Waals surface area contributed by atoms with Crippen LogP contribution >= 0.6 is 7.92 Å². The maximum atomic E-state index is 5.23. The molecule has 8 rings (SSSR count). The summed E-state index contributed by atoms with van der Waals surface area (Å²) < 4.78 is 2.38. The summed E-state index contributed by atoms with van der Waals surface area (Å²) in [5.41, 5.74) is 4.37. The molecular formula is C34H22N3P. The monoisotopic (exact) mass is 503 g/mol. The minimum absolute atomic E-state index is 0.888. The van der Waals surface area contributed by atoms with Gasteiger partial charge in [-0.15, -0.1) is 0 Å². The zero-order valence-electron chi connectivity index (χ0n) is 20.5. The fourth-order valence-corrected chi connectivity index (χ4v) is 8.17. The van der Waals surface area contributed by atoms with Crippen LogP contribution in [0.15, 0.2) is 134 Å². The Bertz CT molecular complexity index is 2150. The van der Waals surface area contributed by atoms with Crippen molar-refractivity contribution in [3.8, 4) is 0 Å². The molecule has 0 saturated carbocycles. The number of benzene rings is 5. The highest BCUT2D eigenvalue weighted by Gasteiger charge is 2.23. The first-order valence-corrected chi connectivity index (χ1v) is 14.1. The number of para-hydroxylation sites is 2. The van der Waals surface area contributed by atoms with E-state index in [1.165, 1.54) is 53.9 Å². The highest BCUT2D eigenvalue weighted by Crippen LogP contribution is 2.39. The van der Waals surface area contributed by atoms with Crippen LogP contribution in [0.4, 0.5) is 0 Å². The molecule has 0 saturated heterocycles. The lowest BCUT2D eigenvalue weighted by Gasteiger charge is -2.21. The first-order valence-electron chi connectivity index (χ1n) is 12.8. The van der Waals surface area contributed by atoms with E-state index in [9.17, 15) is 0 Å². The third kappa shape index (κ3) is 3.19. The van der Waals surface area contributed by atoms with Crippen LogP contribution in [0.1, 0.15) is 0 Å². The third-order valence-corrected chi connectivity index (χ3v) is 9.81. The molecule has 5 aromatic carbocycles. The van der Waals surface area contributed by atoms with Gasteiger partial charge in [0.15, 0.2) is 0 Å². The van der Waals surface area contributed by atoms with E-state index in [1.807, 2.05) is 18.5 Å². The topological polar surface area (TPSA) is 30.2 Å². The number of fused-ring (bicyclic) bond motifs is 9. The number of pyridine rings is 2. The summed E-state index contributed by atoms with van der Waals surface area (Å²) in [5, 5.41) is 9.96. The minimum atomic E-state index is -0.888. The summed E-state index contributed by atoms with van der Waals surface area (Å²) in [4.78, 5) is 9.77. The van der Waals surface area contributed by atoms with E-state index in [-0.39, 0.29) is 0 Å². The van der Waals surface area contributed by atoms with Crippen LogP contribution < -0.4 is 15.9 Å². The largest absolute Gasteiger partial charge is 0.291 e. The van der Waals surface area contributed by atoms with Crippen molar-refractivity contribution < 1.29 is 0 Å². The van der Waals surface area contributed by atoms with E-state index in [0.29, 0.717) is 0 Å². The Morgan fingerprint density at radius 3 is 2.24 bits per heavy atom. The van der Waals surface area contributed by atoms with Gasteiger partial charge < -0.3 is 0 Å². The van der Waals surface area contributed by atoms with Crippen molar-refractivity contribution in [1.29, 1.82) is 0 Å². The Balaban J connectivity index is 1.53. The van der Waals surface area contributed by atoms with Gasteiger partial charge in [-0.05, 0) is 53.7 Å². The molecule has 3 nitrogen and oxygen atoms in total. The van der Waals surface area contributed by atoms with Gasteiger partial charge in [-0.3, -0.25) is 9.38 Å². The van der Waals surface area contributed by atoms with Gasteiger partial charge in [0.1, 0.15) is 5.65 Å². The standard InChI is InChI=1S/C34H22N3P/c1-2-10-24-21-25(19-18-23(24)9-1)38(26-11-8-20-35-22-26)32-17-7-15-30-33(32)37-31-16-6-5-13-28(31)27-12-3-4-14-29(27)34(37)36-30/h1-22H. The third-order valence-electron chi connectivity index (χ3n) is 7.39. The first kappa shape index (κ1) is 21.5. The van der Waals surface area contributed by atoms with Crippen LogP contribution in [0, 0.1) is 0 Å². The molecule has 0 N–H and O–H groups in total. The van der Waals surface area contributed by atoms with Crippen molar-refractivity contribution in [2.24, 2.45) is 0 Å². The summed E-state index contributed by atoms with van der Waals surface area (Å²) in [6.07, 6.45) is 3.88. The Hall–Kier alpha value is -4.59. The normalized spacial score (nSPS) is 12.6. The van der Waals surface area contributed by atoms with Gasteiger partial charge in [0.05, 0.1) is 16.6 Å². The van der Waals surface area contributed by atoms with Crippen LogP contribution in [-0.2, 0) is 0 Å². The molecule has 0 spiro atoms. The summed E-state index contributed by atoms with van der Waals surface area (Å²) in [5.74, 6) is 0. The molecule has 3 heterocycles. The van der Waals surface area contributed by atoms with Crippen molar-refractivity contribution in [3.63, 3.8) is 0 Å². The molecule has 178 valence electrons. The van der Waals surface area contributed by atoms with E-state index in [0.717, 1.165) is 11.2 Å². The molecule has 0 bridgehead atoms. The van der Waals surface area contributed by atoms with E-state index in [1.54, 1.807) is 0 Å². The Labute approximate surface area is 220 Å². The van der Waals surface area contributed by atoms with Gasteiger partial charge in [0.2, 0.25) is 0 Å². The number of hydrogen-bond donors (Lipinski definition) is 0. The van der Waals surface area contributed by atoms with Gasteiger partial charge in [-0.2, -0.15) is 0 Å². The van der Waals surface area contributed by atoms with E-state index in [2.05, 4.69) is 125 Å². The van der Waals surface area contributed by atoms with Gasteiger partial charge in [-0.1, -0.05) is 97.1 Å². The summed E-state index contributed by atoms with van der Waals surface area (Å²) in [7, 11) is -0.888. The van der Waals surface area contributed by atoms with Gasteiger partial charge in [0.25, 0.3) is 0 Å². The Morgan fingerprint density at radius 1 is 0.579 bits per heavy atom. The smallest absolute Gasteiger partial charge is 0.146 e. The van der Waals surface area contributed by atoms with Gasteiger partial charge >= 0.3 is 0 Å². The number of aromatic nitrogens is 3. The van der Waals surface area contributed by atoms with Crippen molar-refractivity contribution >= 4 is 73.0 Å². The molecule has 0 fully saturated rings. The van der Waals surface area contributed by atoms with Crippen LogP contribution in [0.5, 0.6) is 0 Å². The molecule has 0 aliphatic heterocycles.